The molecular weight excluding hydrogens is 2120 g/mol. The van der Waals surface area contributed by atoms with Crippen molar-refractivity contribution in [1.82, 2.24) is 4.98 Å². The second-order valence-corrected chi connectivity index (χ2v) is 69.3. The van der Waals surface area contributed by atoms with Crippen LogP contribution in [0.1, 0.15) is 211 Å². The van der Waals surface area contributed by atoms with E-state index >= 15 is 0 Å². The molecule has 0 saturated carbocycles. The minimum absolute atomic E-state index is 0.0256. The highest BCUT2D eigenvalue weighted by atomic mass is 79.9. The molecule has 8 aromatic rings. The molecule has 0 spiro atoms. The van der Waals surface area contributed by atoms with E-state index in [-0.39, 0.29) is 43.3 Å². The standard InChI is InChI=1S/C16H29BO4Si.C16H27BrO2Si.C16H28O2Si.C16H26O2Si.C14H23BrO2Si.C10H13BrN2O.C8H7BrO3.C8H9BrO2/c1-8-12-9-14(17(18)19)15(20-5)10-13(12)11-21-22(6,7)16(2,3)4;1-8-12-9-14(17)15(18-5)10-13(12)11-19-20(6,7)16(2,3)4;2*1-8-13-9-10-15(17-5)11-14(13)12-18-19(6,7)16(2,3)4;1-14(2,3)18(5,6)17-10-11-9-12(16-4)7-8-13(11)15;1-10(2,3)9(14)13-8-6-4-5-7(11)12-8;1-12-5-2-3-7(9)6(4-5)8(10)11;1-11-7-2-3-8(9)6(4-7)5-10/h9-10,18-19H,8,11H2,1-7H3;9-10H,8,11H2,1-7H3;9-11H,8,12H2,1-7H3;8-11H,1,12H2,2-7H3;7-9H,10H2,1-6H3;4-6H,1-3H3,(H,12,13,14);2-4H,1H3,(H,10,11);2-4,10H,5H2,1H3. The van der Waals surface area contributed by atoms with Crippen molar-refractivity contribution in [3.05, 3.63) is 224 Å². The number of amides is 1. The third kappa shape index (κ3) is 42.9. The number of carbonyl (C=O) groups is 2. The zero-order valence-corrected chi connectivity index (χ0v) is 101. The number of carboxylic acid groups (broad SMARTS) is 1. The van der Waals surface area contributed by atoms with Crippen molar-refractivity contribution in [2.75, 3.05) is 55.1 Å². The van der Waals surface area contributed by atoms with Crippen molar-refractivity contribution in [2.45, 2.75) is 295 Å². The lowest BCUT2D eigenvalue weighted by Gasteiger charge is -2.36. The predicted molar refractivity (Wildman–Crippen MR) is 593 cm³/mol. The van der Waals surface area contributed by atoms with Gasteiger partial charge in [-0.25, -0.2) is 9.78 Å². The highest BCUT2D eigenvalue weighted by molar-refractivity contribution is 9.11. The van der Waals surface area contributed by atoms with Gasteiger partial charge in [0.15, 0.2) is 41.6 Å². The van der Waals surface area contributed by atoms with Crippen LogP contribution in [0.3, 0.4) is 0 Å². The lowest BCUT2D eigenvalue weighted by molar-refractivity contribution is -0.123. The summed E-state index contributed by atoms with van der Waals surface area (Å²) in [7, 11) is 1.21. The number of benzene rings is 7. The molecule has 1 heterocycles. The lowest BCUT2D eigenvalue weighted by Crippen LogP contribution is -2.40. The van der Waals surface area contributed by atoms with Crippen LogP contribution < -0.4 is 43.9 Å². The maximum atomic E-state index is 11.6. The number of aryl methyl sites for hydroxylation is 3. The van der Waals surface area contributed by atoms with Crippen molar-refractivity contribution in [3.63, 3.8) is 0 Å². The quantitative estimate of drug-likeness (QED) is 0.0207. The van der Waals surface area contributed by atoms with Gasteiger partial charge in [-0.05, 0) is 323 Å². The van der Waals surface area contributed by atoms with Crippen LogP contribution in [-0.2, 0) is 85.8 Å². The summed E-state index contributed by atoms with van der Waals surface area (Å²) in [5.41, 5.74) is 11.7. The molecule has 5 N–H and O–H groups in total. The van der Waals surface area contributed by atoms with Gasteiger partial charge in [0.05, 0.1) is 99.4 Å². The average Bonchev–Trinajstić information content (AvgIpc) is 0.812. The van der Waals surface area contributed by atoms with E-state index in [1.807, 2.05) is 107 Å². The molecule has 135 heavy (non-hydrogen) atoms. The molecule has 0 aliphatic carbocycles. The van der Waals surface area contributed by atoms with E-state index in [4.69, 9.17) is 65.5 Å². The Morgan fingerprint density at radius 1 is 0.385 bits per heavy atom. The summed E-state index contributed by atoms with van der Waals surface area (Å²) in [5, 5.41) is 40.3. The average molecular weight is 2280 g/mol. The number of ether oxygens (including phenoxy) is 7. The van der Waals surface area contributed by atoms with Crippen molar-refractivity contribution in [3.8, 4) is 40.2 Å². The zero-order valence-electron chi connectivity index (χ0n) is 88.3. The number of hydrogen-bond donors (Lipinski definition) is 5. The van der Waals surface area contributed by atoms with Gasteiger partial charge in [-0.15, -0.1) is 0 Å². The molecule has 0 bridgehead atoms. The Morgan fingerprint density at radius 2 is 0.711 bits per heavy atom. The first-order chi connectivity index (χ1) is 62.1. The molecule has 0 fully saturated rings. The second-order valence-electron chi connectivity index (χ2n) is 41.0. The van der Waals surface area contributed by atoms with Gasteiger partial charge in [0.2, 0.25) is 5.91 Å². The number of rotatable bonds is 30. The van der Waals surface area contributed by atoms with Crippen LogP contribution in [0.2, 0.25) is 90.7 Å². The fourth-order valence-corrected chi connectivity index (χ4v) is 17.4. The molecule has 31 heteroatoms. The number of aliphatic hydroxyl groups is 1. The topological polar surface area (TPSA) is 251 Å². The van der Waals surface area contributed by atoms with Crippen LogP contribution >= 0.6 is 79.6 Å². The van der Waals surface area contributed by atoms with Crippen molar-refractivity contribution < 1.29 is 85.1 Å². The first kappa shape index (κ1) is 127. The number of hydrogen-bond acceptors (Lipinski definition) is 18. The Balaban J connectivity index is 0.000000778. The normalized spacial score (nSPS) is 11.9. The Morgan fingerprint density at radius 3 is 1.06 bits per heavy atom. The van der Waals surface area contributed by atoms with Gasteiger partial charge in [-0.3, -0.25) is 4.79 Å². The fourth-order valence-electron chi connectivity index (χ4n) is 10.6. The van der Waals surface area contributed by atoms with E-state index in [9.17, 15) is 19.6 Å². The van der Waals surface area contributed by atoms with Crippen LogP contribution in [0, 0.1) is 5.41 Å². The van der Waals surface area contributed by atoms with Crippen LogP contribution in [0.5, 0.6) is 40.2 Å². The number of aliphatic hydroxyl groups excluding tert-OH is 1. The number of pyridine rings is 1. The number of aromatic carboxylic acids is 1. The maximum absolute atomic E-state index is 11.6. The Kier molecular flexibility index (Phi) is 54.0. The van der Waals surface area contributed by atoms with Crippen molar-refractivity contribution in [1.29, 1.82) is 0 Å². The molecule has 0 saturated heterocycles. The molecule has 0 aliphatic rings. The Labute approximate surface area is 859 Å². The molecule has 1 amide bonds. The molecule has 0 radical (unpaired) electrons. The summed E-state index contributed by atoms with van der Waals surface area (Å²) in [6.07, 6.45) is 4.70. The van der Waals surface area contributed by atoms with E-state index in [1.54, 1.807) is 65.9 Å². The molecule has 1 aromatic heterocycles. The van der Waals surface area contributed by atoms with Crippen LogP contribution in [-0.4, -0.2) is 136 Å². The molecule has 0 unspecified atom stereocenters. The lowest BCUT2D eigenvalue weighted by atomic mass is 9.77. The second kappa shape index (κ2) is 57.3. The third-order valence-electron chi connectivity index (χ3n) is 25.1. The number of nitrogens with zero attached hydrogens (tertiary/aromatic N) is 1. The first-order valence-corrected chi connectivity index (χ1v) is 63.9. The van der Waals surface area contributed by atoms with Crippen molar-refractivity contribution >= 4 is 158 Å². The summed E-state index contributed by atoms with van der Waals surface area (Å²) in [5.74, 6) is 4.85. The van der Waals surface area contributed by atoms with Crippen molar-refractivity contribution in [2.24, 2.45) is 5.41 Å². The molecule has 754 valence electrons. The minimum atomic E-state index is -1.83. The number of nitrogens with one attached hydrogen (secondary N) is 1. The van der Waals surface area contributed by atoms with Gasteiger partial charge in [0, 0.05) is 24.3 Å². The number of carboxylic acids is 1. The van der Waals surface area contributed by atoms with Gasteiger partial charge < -0.3 is 80.9 Å². The molecule has 8 rings (SSSR count). The molecule has 7 aromatic carbocycles. The van der Waals surface area contributed by atoms with Gasteiger partial charge in [-0.1, -0.05) is 214 Å². The highest BCUT2D eigenvalue weighted by Gasteiger charge is 2.42. The third-order valence-corrected chi connectivity index (χ3v) is 50.8. The summed E-state index contributed by atoms with van der Waals surface area (Å²) in [4.78, 5) is 26.3. The van der Waals surface area contributed by atoms with E-state index in [2.05, 4.69) is 304 Å². The van der Waals surface area contributed by atoms with E-state index in [0.717, 1.165) is 94.8 Å². The summed E-state index contributed by atoms with van der Waals surface area (Å²) in [6.45, 7) is 75.4. The monoisotopic (exact) mass is 2270 g/mol. The highest BCUT2D eigenvalue weighted by Crippen LogP contribution is 2.43. The van der Waals surface area contributed by atoms with Crippen LogP contribution in [0.25, 0.3) is 6.08 Å². The summed E-state index contributed by atoms with van der Waals surface area (Å²) >= 11 is 16.8. The molecule has 0 atom stereocenters. The van der Waals surface area contributed by atoms with E-state index in [0.29, 0.717) is 64.9 Å². The van der Waals surface area contributed by atoms with Gasteiger partial charge in [0.1, 0.15) is 50.7 Å². The number of anilines is 1. The number of carbonyl (C=O) groups excluding carboxylic acids is 1. The summed E-state index contributed by atoms with van der Waals surface area (Å²) < 4.78 is 72.0. The number of halogens is 5. The SMILES string of the molecule is C=Cc1ccc(OC)cc1CO[Si](C)(C)C(C)(C)C.CC(C)(C)C(=O)Nc1cccc(Br)n1.CCc1cc(B(O)O)c(OC)cc1CO[Si](C)(C)C(C)(C)C.CCc1cc(Br)c(OC)cc1CO[Si](C)(C)C(C)(C)C.CCc1ccc(OC)cc1CO[Si](C)(C)C(C)(C)C.COc1ccc(Br)c(C(=O)O)c1.COc1ccc(Br)c(CO)c1.COc1ccc(Br)c(CO[Si](C)(C)C(C)(C)C)c1. The molecule has 20 nitrogen and oxygen atoms in total. The Bertz CT molecular complexity index is 5000. The number of methoxy groups -OCH3 is 7. The molecular formula is C104H162BBr5N2O18Si5. The minimum Gasteiger partial charge on any atom is -0.497 e. The largest absolute Gasteiger partial charge is 0.497 e. The molecule has 0 aliphatic heterocycles. The van der Waals surface area contributed by atoms with Crippen LogP contribution in [0.4, 0.5) is 5.82 Å². The van der Waals surface area contributed by atoms with Crippen LogP contribution in [0.15, 0.2) is 163 Å². The predicted octanol–water partition coefficient (Wildman–Crippen LogP) is 29.6. The Hall–Kier alpha value is -5.80. The zero-order chi connectivity index (χ0) is 104. The maximum Gasteiger partial charge on any atom is 0.492 e. The smallest absolute Gasteiger partial charge is 0.492 e. The van der Waals surface area contributed by atoms with Gasteiger partial charge in [-0.2, -0.15) is 0 Å². The van der Waals surface area contributed by atoms with E-state index < -0.39 is 60.1 Å². The number of aromatic nitrogens is 1. The summed E-state index contributed by atoms with van der Waals surface area (Å²) in [6, 6.07) is 41.8. The van der Waals surface area contributed by atoms with E-state index in [1.165, 1.54) is 42.5 Å². The first-order valence-electron chi connectivity index (χ1n) is 45.4. The van der Waals surface area contributed by atoms with Gasteiger partial charge >= 0.3 is 13.1 Å². The fraction of sp³-hybridized carbons (Fsp3) is 0.510. The van der Waals surface area contributed by atoms with Gasteiger partial charge in [0.25, 0.3) is 0 Å².